The Balaban J connectivity index is 2.06. The second-order valence-electron chi connectivity index (χ2n) is 8.36. The van der Waals surface area contributed by atoms with Crippen LogP contribution in [0.5, 0.6) is 5.75 Å². The molecule has 3 aromatic carbocycles. The third kappa shape index (κ3) is 5.10. The van der Waals surface area contributed by atoms with E-state index in [2.05, 4.69) is 58.0 Å². The molecule has 0 spiro atoms. The smallest absolute Gasteiger partial charge is 0.221 e. The molecule has 0 saturated heterocycles. The second-order valence-corrected chi connectivity index (χ2v) is 8.36. The minimum absolute atomic E-state index is 0.271. The molecule has 0 unspecified atom stereocenters. The zero-order valence-electron chi connectivity index (χ0n) is 18.3. The number of hydrogen-bond donors (Lipinski definition) is 1. The van der Waals surface area contributed by atoms with Crippen molar-refractivity contribution < 1.29 is 9.53 Å². The maximum Gasteiger partial charge on any atom is 0.221 e. The summed E-state index contributed by atoms with van der Waals surface area (Å²) < 4.78 is 6.20. The Hall–Kier alpha value is -3.07. The molecule has 0 fully saturated rings. The Kier molecular flexibility index (Phi) is 6.94. The number of amides is 1. The van der Waals surface area contributed by atoms with Crippen LogP contribution in [0.4, 0.5) is 0 Å². The zero-order valence-corrected chi connectivity index (χ0v) is 18.3. The Morgan fingerprint density at radius 2 is 1.43 bits per heavy atom. The second kappa shape index (κ2) is 9.62. The number of rotatable bonds is 8. The van der Waals surface area contributed by atoms with Gasteiger partial charge in [0.05, 0.1) is 6.42 Å². The highest BCUT2D eigenvalue weighted by Crippen LogP contribution is 2.37. The van der Waals surface area contributed by atoms with Crippen LogP contribution in [-0.2, 0) is 17.8 Å². The molecule has 3 heteroatoms. The summed E-state index contributed by atoms with van der Waals surface area (Å²) in [5, 5.41) is 0. The fraction of sp³-hybridized carbons (Fsp3) is 0.296. The Labute approximate surface area is 179 Å². The van der Waals surface area contributed by atoms with E-state index in [-0.39, 0.29) is 24.2 Å². The number of para-hydroxylation sites is 1. The van der Waals surface area contributed by atoms with Gasteiger partial charge in [0.2, 0.25) is 5.91 Å². The van der Waals surface area contributed by atoms with Gasteiger partial charge in [0.15, 0.2) is 0 Å². The third-order valence-corrected chi connectivity index (χ3v) is 5.35. The van der Waals surface area contributed by atoms with Crippen molar-refractivity contribution in [1.29, 1.82) is 0 Å². The lowest BCUT2D eigenvalue weighted by Gasteiger charge is -2.22. The maximum atomic E-state index is 11.7. The van der Waals surface area contributed by atoms with Crippen molar-refractivity contribution in [3.63, 3.8) is 0 Å². The van der Waals surface area contributed by atoms with Gasteiger partial charge in [-0.2, -0.15) is 0 Å². The predicted octanol–water partition coefficient (Wildman–Crippen LogP) is 6.21. The van der Waals surface area contributed by atoms with Gasteiger partial charge in [-0.25, -0.2) is 0 Å². The van der Waals surface area contributed by atoms with Crippen molar-refractivity contribution in [3.8, 4) is 16.9 Å². The Bertz CT molecular complexity index is 977. The monoisotopic (exact) mass is 401 g/mol. The number of primary amides is 1. The summed E-state index contributed by atoms with van der Waals surface area (Å²) in [6, 6.07) is 22.7. The van der Waals surface area contributed by atoms with Gasteiger partial charge in [-0.05, 0) is 45.7 Å². The molecule has 1 amide bonds. The normalized spacial score (nSPS) is 11.1. The summed E-state index contributed by atoms with van der Waals surface area (Å²) in [5.74, 6) is 1.13. The summed E-state index contributed by atoms with van der Waals surface area (Å²) in [6.07, 6.45) is 0.271. The first kappa shape index (κ1) is 21.6. The van der Waals surface area contributed by atoms with Crippen LogP contribution >= 0.6 is 0 Å². The van der Waals surface area contributed by atoms with E-state index in [9.17, 15) is 4.79 Å². The van der Waals surface area contributed by atoms with E-state index in [1.807, 2.05) is 36.4 Å². The molecule has 0 aromatic heterocycles. The van der Waals surface area contributed by atoms with Crippen LogP contribution in [0.1, 0.15) is 61.8 Å². The molecular weight excluding hydrogens is 370 g/mol. The molecule has 0 bridgehead atoms. The molecule has 3 rings (SSSR count). The van der Waals surface area contributed by atoms with Crippen molar-refractivity contribution in [2.24, 2.45) is 5.73 Å². The molecule has 0 saturated carbocycles. The fourth-order valence-corrected chi connectivity index (χ4v) is 3.85. The molecule has 3 aromatic rings. The molecule has 0 aliphatic heterocycles. The van der Waals surface area contributed by atoms with Crippen LogP contribution in [0.2, 0.25) is 0 Å². The van der Waals surface area contributed by atoms with Crippen LogP contribution < -0.4 is 10.5 Å². The Morgan fingerprint density at radius 3 is 2.00 bits per heavy atom. The average Bonchev–Trinajstić information content (AvgIpc) is 2.72. The molecule has 30 heavy (non-hydrogen) atoms. The summed E-state index contributed by atoms with van der Waals surface area (Å²) >= 11 is 0. The van der Waals surface area contributed by atoms with Gasteiger partial charge in [-0.3, -0.25) is 4.79 Å². The van der Waals surface area contributed by atoms with E-state index >= 15 is 0 Å². The van der Waals surface area contributed by atoms with Crippen LogP contribution in [0.15, 0.2) is 66.7 Å². The van der Waals surface area contributed by atoms with Gasteiger partial charge in [-0.15, -0.1) is 0 Å². The summed E-state index contributed by atoms with van der Waals surface area (Å²) in [7, 11) is 0. The Morgan fingerprint density at radius 1 is 0.867 bits per heavy atom. The van der Waals surface area contributed by atoms with E-state index in [4.69, 9.17) is 10.5 Å². The van der Waals surface area contributed by atoms with E-state index in [1.54, 1.807) is 0 Å². The fourth-order valence-electron chi connectivity index (χ4n) is 3.85. The first-order valence-corrected chi connectivity index (χ1v) is 10.6. The molecule has 0 aliphatic rings. The quantitative estimate of drug-likeness (QED) is 0.488. The van der Waals surface area contributed by atoms with Crippen LogP contribution in [0.25, 0.3) is 11.1 Å². The first-order chi connectivity index (χ1) is 14.4. The highest BCUT2D eigenvalue weighted by molar-refractivity contribution is 5.79. The van der Waals surface area contributed by atoms with E-state index < -0.39 is 0 Å². The lowest BCUT2D eigenvalue weighted by atomic mass is 9.84. The molecule has 3 nitrogen and oxygen atoms in total. The summed E-state index contributed by atoms with van der Waals surface area (Å²) in [4.78, 5) is 11.7. The number of carbonyl (C=O) groups excluding carboxylic acids is 1. The van der Waals surface area contributed by atoms with Gasteiger partial charge in [0.1, 0.15) is 12.4 Å². The molecule has 0 heterocycles. The highest BCUT2D eigenvalue weighted by Gasteiger charge is 2.19. The van der Waals surface area contributed by atoms with Gasteiger partial charge >= 0.3 is 0 Å². The minimum Gasteiger partial charge on any atom is -0.488 e. The molecule has 0 aliphatic carbocycles. The van der Waals surface area contributed by atoms with Gasteiger partial charge < -0.3 is 10.5 Å². The highest BCUT2D eigenvalue weighted by atomic mass is 16.5. The average molecular weight is 402 g/mol. The van der Waals surface area contributed by atoms with E-state index in [0.717, 1.165) is 28.0 Å². The van der Waals surface area contributed by atoms with Crippen molar-refractivity contribution in [2.45, 2.75) is 52.6 Å². The number of hydrogen-bond acceptors (Lipinski definition) is 2. The van der Waals surface area contributed by atoms with E-state index in [1.165, 1.54) is 11.1 Å². The maximum absolute atomic E-state index is 11.7. The van der Waals surface area contributed by atoms with Crippen molar-refractivity contribution >= 4 is 5.91 Å². The molecule has 2 N–H and O–H groups in total. The van der Waals surface area contributed by atoms with Crippen molar-refractivity contribution in [1.82, 2.24) is 0 Å². The molecule has 156 valence electrons. The van der Waals surface area contributed by atoms with Crippen molar-refractivity contribution in [2.75, 3.05) is 0 Å². The minimum atomic E-state index is -0.293. The number of ether oxygens (including phenoxy) is 1. The number of carbonyl (C=O) groups is 1. The number of benzene rings is 3. The largest absolute Gasteiger partial charge is 0.488 e. The lowest BCUT2D eigenvalue weighted by molar-refractivity contribution is -0.117. The first-order valence-electron chi connectivity index (χ1n) is 10.6. The SMILES string of the molecule is CC(C)c1cc(-c2ccccc2OCc2ccccc2)cc(C(C)C)c1CC(N)=O. The lowest BCUT2D eigenvalue weighted by Crippen LogP contribution is -2.17. The van der Waals surface area contributed by atoms with Gasteiger partial charge in [0.25, 0.3) is 0 Å². The van der Waals surface area contributed by atoms with Crippen molar-refractivity contribution in [3.05, 3.63) is 89.0 Å². The predicted molar refractivity (Wildman–Crippen MR) is 124 cm³/mol. The number of nitrogens with two attached hydrogens (primary N) is 1. The molecular formula is C27H31NO2. The van der Waals surface area contributed by atoms with Crippen LogP contribution in [0.3, 0.4) is 0 Å². The summed E-state index contributed by atoms with van der Waals surface area (Å²) in [5.41, 5.74) is 12.3. The third-order valence-electron chi connectivity index (χ3n) is 5.35. The zero-order chi connectivity index (χ0) is 21.7. The van der Waals surface area contributed by atoms with Crippen LogP contribution in [-0.4, -0.2) is 5.91 Å². The molecule has 0 radical (unpaired) electrons. The molecule has 0 atom stereocenters. The van der Waals surface area contributed by atoms with E-state index in [0.29, 0.717) is 6.61 Å². The topological polar surface area (TPSA) is 52.3 Å². The van der Waals surface area contributed by atoms with Gasteiger partial charge in [0, 0.05) is 5.56 Å². The standard InChI is InChI=1S/C27H31NO2/c1-18(2)23-14-21(15-24(19(3)4)25(23)16-27(28)29)22-12-8-9-13-26(22)30-17-20-10-6-5-7-11-20/h5-15,18-19H,16-17H2,1-4H3,(H2,28,29). The summed E-state index contributed by atoms with van der Waals surface area (Å²) in [6.45, 7) is 9.15. The van der Waals surface area contributed by atoms with Crippen LogP contribution in [0, 0.1) is 0 Å². The van der Waals surface area contributed by atoms with Gasteiger partial charge in [-0.1, -0.05) is 88.4 Å².